The number of hydrogen-bond acceptors (Lipinski definition) is 10. The number of hydrogen-bond donors (Lipinski definition) is 3. The number of nitrogens with one attached hydrogen (secondary N) is 3. The molecular weight excluding hydrogens is 619 g/mol. The monoisotopic (exact) mass is 650 g/mol. The Labute approximate surface area is 273 Å². The SMILES string of the molecule is C=C/C(=C\C=C/C)n1nnnc1N1CCN(C(=O)C(=O)c2c[nH]c3c(-c4cc(C(=O)NCCc5ccncc5)[nH]n4)ncc(F)c23)CC1. The fourth-order valence-electron chi connectivity index (χ4n) is 5.34. The van der Waals surface area contributed by atoms with Crippen molar-refractivity contribution in [3.8, 4) is 11.4 Å². The topological polar surface area (TPSA) is 184 Å². The van der Waals surface area contributed by atoms with Crippen LogP contribution in [0, 0.1) is 5.82 Å². The number of ketones is 1. The number of carbonyl (C=O) groups excluding carboxylic acids is 3. The van der Waals surface area contributed by atoms with E-state index in [1.165, 1.54) is 17.2 Å². The zero-order valence-corrected chi connectivity index (χ0v) is 25.9. The molecule has 1 aliphatic heterocycles. The molecule has 5 aromatic rings. The third kappa shape index (κ3) is 6.35. The van der Waals surface area contributed by atoms with Crippen LogP contribution in [0.1, 0.15) is 33.3 Å². The molecule has 2 amide bonds. The summed E-state index contributed by atoms with van der Waals surface area (Å²) in [6.07, 6.45) is 13.4. The van der Waals surface area contributed by atoms with Crippen molar-refractivity contribution in [2.75, 3.05) is 37.6 Å². The first-order valence-corrected chi connectivity index (χ1v) is 15.1. The number of allylic oxidation sites excluding steroid dienone is 5. The lowest BCUT2D eigenvalue weighted by Crippen LogP contribution is -2.51. The van der Waals surface area contributed by atoms with E-state index in [2.05, 4.69) is 52.6 Å². The molecule has 1 aliphatic rings. The van der Waals surface area contributed by atoms with Gasteiger partial charge < -0.3 is 20.1 Å². The van der Waals surface area contributed by atoms with E-state index in [9.17, 15) is 14.4 Å². The van der Waals surface area contributed by atoms with Crippen LogP contribution in [0.25, 0.3) is 28.0 Å². The molecule has 0 unspecified atom stereocenters. The molecule has 0 saturated carbocycles. The minimum atomic E-state index is -0.866. The summed E-state index contributed by atoms with van der Waals surface area (Å²) in [7, 11) is 0. The van der Waals surface area contributed by atoms with E-state index in [4.69, 9.17) is 0 Å². The first-order chi connectivity index (χ1) is 23.4. The van der Waals surface area contributed by atoms with E-state index in [1.807, 2.05) is 42.2 Å². The van der Waals surface area contributed by atoms with Crippen molar-refractivity contribution in [3.05, 3.63) is 96.5 Å². The predicted octanol–water partition coefficient (Wildman–Crippen LogP) is 2.58. The van der Waals surface area contributed by atoms with Gasteiger partial charge in [-0.25, -0.2) is 9.37 Å². The summed E-state index contributed by atoms with van der Waals surface area (Å²) in [5.41, 5.74) is 2.38. The second-order valence-electron chi connectivity index (χ2n) is 10.8. The van der Waals surface area contributed by atoms with Crippen molar-refractivity contribution in [2.24, 2.45) is 0 Å². The third-order valence-electron chi connectivity index (χ3n) is 7.83. The number of piperazine rings is 1. The molecule has 6 rings (SSSR count). The number of fused-ring (bicyclic) bond motifs is 1. The van der Waals surface area contributed by atoms with Crippen molar-refractivity contribution < 1.29 is 18.8 Å². The van der Waals surface area contributed by atoms with Gasteiger partial charge >= 0.3 is 0 Å². The molecule has 0 atom stereocenters. The van der Waals surface area contributed by atoms with E-state index in [0.29, 0.717) is 37.7 Å². The van der Waals surface area contributed by atoms with Crippen LogP contribution in [0.15, 0.2) is 73.9 Å². The van der Waals surface area contributed by atoms with Crippen LogP contribution in [0.3, 0.4) is 0 Å². The third-order valence-corrected chi connectivity index (χ3v) is 7.83. The maximum atomic E-state index is 15.2. The van der Waals surface area contributed by atoms with Crippen LogP contribution >= 0.6 is 0 Å². The van der Waals surface area contributed by atoms with Crippen LogP contribution in [0.2, 0.25) is 0 Å². The Bertz CT molecular complexity index is 2040. The number of halogens is 1. The van der Waals surface area contributed by atoms with Gasteiger partial charge in [0.15, 0.2) is 5.82 Å². The maximum Gasteiger partial charge on any atom is 0.295 e. The Kier molecular flexibility index (Phi) is 9.22. The van der Waals surface area contributed by atoms with E-state index >= 15 is 4.39 Å². The number of anilines is 1. The molecule has 0 spiro atoms. The normalized spacial score (nSPS) is 13.8. The zero-order valence-electron chi connectivity index (χ0n) is 25.9. The van der Waals surface area contributed by atoms with E-state index in [0.717, 1.165) is 11.8 Å². The largest absolute Gasteiger partial charge is 0.359 e. The zero-order chi connectivity index (χ0) is 33.6. The quantitative estimate of drug-likeness (QED) is 0.109. The average molecular weight is 651 g/mol. The van der Waals surface area contributed by atoms with Gasteiger partial charge in [0.1, 0.15) is 17.1 Å². The lowest BCUT2D eigenvalue weighted by atomic mass is 10.1. The van der Waals surface area contributed by atoms with Crippen LogP contribution in [0.5, 0.6) is 0 Å². The molecule has 16 heteroatoms. The van der Waals surface area contributed by atoms with E-state index in [1.54, 1.807) is 23.2 Å². The summed E-state index contributed by atoms with van der Waals surface area (Å²) in [6, 6.07) is 5.22. The van der Waals surface area contributed by atoms with Crippen LogP contribution in [-0.4, -0.2) is 101 Å². The summed E-state index contributed by atoms with van der Waals surface area (Å²) >= 11 is 0. The van der Waals surface area contributed by atoms with E-state index < -0.39 is 17.5 Å². The van der Waals surface area contributed by atoms with Gasteiger partial charge in [0, 0.05) is 51.3 Å². The highest BCUT2D eigenvalue weighted by atomic mass is 19.1. The van der Waals surface area contributed by atoms with Gasteiger partial charge in [0.2, 0.25) is 5.95 Å². The molecule has 0 radical (unpaired) electrons. The first-order valence-electron chi connectivity index (χ1n) is 15.1. The van der Waals surface area contributed by atoms with Crippen molar-refractivity contribution in [1.82, 2.24) is 55.6 Å². The van der Waals surface area contributed by atoms with Gasteiger partial charge in [-0.15, -0.1) is 0 Å². The van der Waals surface area contributed by atoms with Gasteiger partial charge in [-0.3, -0.25) is 24.5 Å². The summed E-state index contributed by atoms with van der Waals surface area (Å²) in [6.45, 7) is 7.28. The van der Waals surface area contributed by atoms with Crippen LogP contribution in [-0.2, 0) is 11.2 Å². The lowest BCUT2D eigenvalue weighted by molar-refractivity contribution is -0.126. The fraction of sp³-hybridized carbons (Fsp3) is 0.219. The lowest BCUT2D eigenvalue weighted by Gasteiger charge is -2.34. The smallest absolute Gasteiger partial charge is 0.295 e. The second kappa shape index (κ2) is 14.0. The fourth-order valence-corrected chi connectivity index (χ4v) is 5.34. The highest BCUT2D eigenvalue weighted by molar-refractivity contribution is 6.45. The molecule has 1 saturated heterocycles. The molecule has 244 valence electrons. The Morgan fingerprint density at radius 1 is 1.15 bits per heavy atom. The molecule has 0 aliphatic carbocycles. The Hall–Kier alpha value is -6.32. The summed E-state index contributed by atoms with van der Waals surface area (Å²) in [5.74, 6) is -2.31. The first kappa shape index (κ1) is 31.7. The summed E-state index contributed by atoms with van der Waals surface area (Å²) in [5, 5.41) is 21.6. The van der Waals surface area contributed by atoms with Crippen molar-refractivity contribution in [2.45, 2.75) is 13.3 Å². The molecule has 1 fully saturated rings. The number of tetrazole rings is 1. The number of pyridine rings is 2. The summed E-state index contributed by atoms with van der Waals surface area (Å²) in [4.78, 5) is 53.9. The number of nitrogens with zero attached hydrogens (tertiary/aromatic N) is 9. The summed E-state index contributed by atoms with van der Waals surface area (Å²) < 4.78 is 16.7. The van der Waals surface area contributed by atoms with Gasteiger partial charge in [-0.05, 0) is 59.7 Å². The highest BCUT2D eigenvalue weighted by Gasteiger charge is 2.31. The van der Waals surface area contributed by atoms with E-state index in [-0.39, 0.29) is 52.5 Å². The number of Topliss-reactive ketones (excluding diaryl/α,β-unsaturated/α-hetero) is 1. The van der Waals surface area contributed by atoms with Crippen LogP contribution < -0.4 is 10.2 Å². The predicted molar refractivity (Wildman–Crippen MR) is 174 cm³/mol. The van der Waals surface area contributed by atoms with Gasteiger partial charge in [0.05, 0.1) is 28.4 Å². The van der Waals surface area contributed by atoms with Gasteiger partial charge in [-0.1, -0.05) is 23.8 Å². The molecule has 0 aromatic carbocycles. The Morgan fingerprint density at radius 2 is 1.94 bits per heavy atom. The maximum absolute atomic E-state index is 15.2. The van der Waals surface area contributed by atoms with Crippen molar-refractivity contribution >= 4 is 40.1 Å². The second-order valence-corrected chi connectivity index (χ2v) is 10.8. The number of rotatable bonds is 11. The number of amides is 2. The van der Waals surface area contributed by atoms with Gasteiger partial charge in [0.25, 0.3) is 17.6 Å². The minimum Gasteiger partial charge on any atom is -0.359 e. The van der Waals surface area contributed by atoms with Crippen molar-refractivity contribution in [1.29, 1.82) is 0 Å². The average Bonchev–Trinajstić information content (AvgIpc) is 3.90. The number of aromatic amines is 2. The molecule has 0 bridgehead atoms. The molecule has 6 heterocycles. The van der Waals surface area contributed by atoms with Crippen molar-refractivity contribution in [3.63, 3.8) is 0 Å². The molecule has 3 N–H and O–H groups in total. The highest BCUT2D eigenvalue weighted by Crippen LogP contribution is 2.30. The number of H-pyrrole nitrogens is 2. The molecule has 5 aromatic heterocycles. The number of aromatic nitrogens is 9. The Balaban J connectivity index is 1.14. The van der Waals surface area contributed by atoms with Gasteiger partial charge in [-0.2, -0.15) is 9.78 Å². The van der Waals surface area contributed by atoms with Crippen LogP contribution in [0.4, 0.5) is 10.3 Å². The Morgan fingerprint density at radius 3 is 2.69 bits per heavy atom. The standard InChI is InChI=1S/C32H31FN12O3/c1-3-5-6-21(4-2)45-32(40-41-42-45)44-15-13-43(14-16-44)31(48)29(46)22-18-36-28-26(22)23(33)19-37-27(28)24-17-25(39-38-24)30(47)35-12-9-20-7-10-34-11-8-20/h3-8,10-11,17-19,36H,2,9,12-16H2,1H3,(H,35,47)(H,38,39)/b5-3-,21-6+. The number of carbonyl (C=O) groups is 3. The minimum absolute atomic E-state index is 0.0904. The molecule has 15 nitrogen and oxygen atoms in total. The molecular formula is C32H31FN12O3. The molecule has 48 heavy (non-hydrogen) atoms.